The van der Waals surface area contributed by atoms with E-state index < -0.39 is 0 Å². The second-order valence-corrected chi connectivity index (χ2v) is 6.43. The molecule has 4 heteroatoms. The Labute approximate surface area is 114 Å². The van der Waals surface area contributed by atoms with E-state index >= 15 is 0 Å². The molecule has 0 aromatic heterocycles. The Morgan fingerprint density at radius 2 is 1.05 bits per heavy atom. The Bertz CT molecular complexity index is 323. The van der Waals surface area contributed by atoms with Gasteiger partial charge in [-0.1, -0.05) is 25.7 Å². The molecule has 0 radical (unpaired) electrons. The predicted molar refractivity (Wildman–Crippen MR) is 72.4 cm³/mol. The van der Waals surface area contributed by atoms with Crippen molar-refractivity contribution in [1.82, 2.24) is 10.6 Å². The summed E-state index contributed by atoms with van der Waals surface area (Å²) in [6.07, 6.45) is 10.1. The fourth-order valence-corrected chi connectivity index (χ4v) is 3.53. The summed E-state index contributed by atoms with van der Waals surface area (Å²) in [6.45, 7) is 0. The molecule has 2 N–H and O–H groups in total. The van der Waals surface area contributed by atoms with Gasteiger partial charge >= 0.3 is 0 Å². The van der Waals surface area contributed by atoms with Crippen LogP contribution in [-0.2, 0) is 9.59 Å². The van der Waals surface area contributed by atoms with Crippen molar-refractivity contribution >= 4 is 11.8 Å². The average molecular weight is 264 g/mol. The van der Waals surface area contributed by atoms with Crippen LogP contribution >= 0.6 is 0 Å². The summed E-state index contributed by atoms with van der Waals surface area (Å²) in [5.74, 6) is 0.112. The van der Waals surface area contributed by atoms with E-state index in [9.17, 15) is 9.59 Å². The lowest BCUT2D eigenvalue weighted by molar-refractivity contribution is -0.128. The van der Waals surface area contributed by atoms with Gasteiger partial charge in [-0.3, -0.25) is 9.59 Å². The van der Waals surface area contributed by atoms with E-state index in [4.69, 9.17) is 0 Å². The van der Waals surface area contributed by atoms with Crippen LogP contribution in [0.25, 0.3) is 0 Å². The highest BCUT2D eigenvalue weighted by Crippen LogP contribution is 2.39. The maximum absolute atomic E-state index is 12.0. The second-order valence-electron chi connectivity index (χ2n) is 6.43. The molecule has 0 bridgehead atoms. The first-order chi connectivity index (χ1) is 9.24. The molecule has 0 aromatic rings. The van der Waals surface area contributed by atoms with Crippen molar-refractivity contribution in [2.75, 3.05) is 0 Å². The molecule has 3 fully saturated rings. The number of rotatable bonds is 4. The summed E-state index contributed by atoms with van der Waals surface area (Å²) in [6, 6.07) is 0.735. The van der Waals surface area contributed by atoms with E-state index in [1.165, 1.54) is 25.7 Å². The Balaban J connectivity index is 1.41. The first kappa shape index (κ1) is 12.9. The van der Waals surface area contributed by atoms with Gasteiger partial charge < -0.3 is 10.6 Å². The molecule has 3 aliphatic carbocycles. The van der Waals surface area contributed by atoms with Crippen molar-refractivity contribution in [2.45, 2.75) is 69.9 Å². The van der Waals surface area contributed by atoms with Crippen LogP contribution in [0.3, 0.4) is 0 Å². The van der Waals surface area contributed by atoms with Crippen LogP contribution in [-0.4, -0.2) is 23.9 Å². The van der Waals surface area contributed by atoms with E-state index in [1.807, 2.05) is 0 Å². The van der Waals surface area contributed by atoms with Crippen molar-refractivity contribution in [1.29, 1.82) is 0 Å². The summed E-state index contributed by atoms with van der Waals surface area (Å²) < 4.78 is 0. The Morgan fingerprint density at radius 1 is 0.684 bits per heavy atom. The van der Waals surface area contributed by atoms with Gasteiger partial charge in [0.05, 0.1) is 11.8 Å². The molecule has 0 heterocycles. The largest absolute Gasteiger partial charge is 0.353 e. The third-order valence-electron chi connectivity index (χ3n) is 4.87. The lowest BCUT2D eigenvalue weighted by Crippen LogP contribution is -2.37. The van der Waals surface area contributed by atoms with Crippen LogP contribution in [0.15, 0.2) is 0 Å². The van der Waals surface area contributed by atoms with Gasteiger partial charge in [0.25, 0.3) is 0 Å². The van der Waals surface area contributed by atoms with Crippen molar-refractivity contribution in [3.63, 3.8) is 0 Å². The van der Waals surface area contributed by atoms with Crippen LogP contribution in [0, 0.1) is 11.8 Å². The third-order valence-corrected chi connectivity index (χ3v) is 4.87. The van der Waals surface area contributed by atoms with E-state index in [0.29, 0.717) is 12.1 Å². The molecular weight excluding hydrogens is 240 g/mol. The quantitative estimate of drug-likeness (QED) is 0.812. The average Bonchev–Trinajstić information content (AvgIpc) is 2.78. The molecular formula is C15H24N2O2. The maximum atomic E-state index is 12.0. The summed E-state index contributed by atoms with van der Waals surface area (Å²) >= 11 is 0. The lowest BCUT2D eigenvalue weighted by Gasteiger charge is -2.13. The zero-order valence-electron chi connectivity index (χ0n) is 11.5. The molecule has 3 rings (SSSR count). The van der Waals surface area contributed by atoms with Gasteiger partial charge in [-0.25, -0.2) is 0 Å². The van der Waals surface area contributed by atoms with Crippen molar-refractivity contribution in [3.8, 4) is 0 Å². The molecule has 106 valence electrons. The number of hydrogen-bond acceptors (Lipinski definition) is 2. The minimum Gasteiger partial charge on any atom is -0.353 e. The van der Waals surface area contributed by atoms with Crippen molar-refractivity contribution < 1.29 is 9.59 Å². The number of nitrogens with one attached hydrogen (secondary N) is 2. The molecule has 19 heavy (non-hydrogen) atoms. The fourth-order valence-electron chi connectivity index (χ4n) is 3.53. The summed E-state index contributed by atoms with van der Waals surface area (Å²) in [4.78, 5) is 24.0. The predicted octanol–water partition coefficient (Wildman–Crippen LogP) is 1.74. The van der Waals surface area contributed by atoms with E-state index in [1.54, 1.807) is 0 Å². The molecule has 2 atom stereocenters. The van der Waals surface area contributed by atoms with E-state index in [-0.39, 0.29) is 23.7 Å². The van der Waals surface area contributed by atoms with Gasteiger partial charge in [0.2, 0.25) is 11.8 Å². The number of hydrogen-bond donors (Lipinski definition) is 2. The smallest absolute Gasteiger partial charge is 0.224 e. The highest BCUT2D eigenvalue weighted by molar-refractivity contribution is 5.92. The van der Waals surface area contributed by atoms with Gasteiger partial charge in [0.15, 0.2) is 0 Å². The van der Waals surface area contributed by atoms with Crippen molar-refractivity contribution in [3.05, 3.63) is 0 Å². The van der Waals surface area contributed by atoms with Crippen molar-refractivity contribution in [2.24, 2.45) is 11.8 Å². The van der Waals surface area contributed by atoms with E-state index in [0.717, 1.165) is 32.1 Å². The van der Waals surface area contributed by atoms with Gasteiger partial charge in [0.1, 0.15) is 0 Å². The Kier molecular flexibility index (Phi) is 3.76. The summed E-state index contributed by atoms with van der Waals surface area (Å²) in [7, 11) is 0. The molecule has 0 aliphatic heterocycles. The highest BCUT2D eigenvalue weighted by Gasteiger charge is 2.48. The SMILES string of the molecule is O=C(NC1CCCC1)C1CC1C(=O)NC1CCCC1. The Morgan fingerprint density at radius 3 is 1.42 bits per heavy atom. The lowest BCUT2D eigenvalue weighted by atomic mass is 10.2. The van der Waals surface area contributed by atoms with Gasteiger partial charge in [-0.2, -0.15) is 0 Å². The number of carbonyl (C=O) groups is 2. The van der Waals surface area contributed by atoms with Crippen LogP contribution in [0.1, 0.15) is 57.8 Å². The minimum absolute atomic E-state index is 0.0537. The molecule has 2 unspecified atom stereocenters. The number of carbonyl (C=O) groups excluding carboxylic acids is 2. The van der Waals surface area contributed by atoms with Crippen LogP contribution in [0.4, 0.5) is 0 Å². The standard InChI is InChI=1S/C15H24N2O2/c18-14(16-10-5-1-2-6-10)12-9-13(12)15(19)17-11-7-3-4-8-11/h10-13H,1-9H2,(H,16,18)(H,17,19). The molecule has 0 aromatic carbocycles. The van der Waals surface area contributed by atoms with Crippen LogP contribution < -0.4 is 10.6 Å². The van der Waals surface area contributed by atoms with E-state index in [2.05, 4.69) is 10.6 Å². The summed E-state index contributed by atoms with van der Waals surface area (Å²) in [5, 5.41) is 6.20. The Hall–Kier alpha value is -1.06. The topological polar surface area (TPSA) is 58.2 Å². The fraction of sp³-hybridized carbons (Fsp3) is 0.867. The van der Waals surface area contributed by atoms with Crippen LogP contribution in [0.5, 0.6) is 0 Å². The first-order valence-electron chi connectivity index (χ1n) is 7.85. The molecule has 3 aliphatic rings. The molecule has 3 saturated carbocycles. The normalized spacial score (nSPS) is 31.4. The maximum Gasteiger partial charge on any atom is 0.224 e. The zero-order chi connectivity index (χ0) is 13.2. The first-order valence-corrected chi connectivity index (χ1v) is 7.85. The van der Waals surface area contributed by atoms with Crippen LogP contribution in [0.2, 0.25) is 0 Å². The molecule has 0 spiro atoms. The molecule has 4 nitrogen and oxygen atoms in total. The van der Waals surface area contributed by atoms with Gasteiger partial charge in [-0.05, 0) is 32.1 Å². The molecule has 0 saturated heterocycles. The third kappa shape index (κ3) is 3.10. The highest BCUT2D eigenvalue weighted by atomic mass is 16.2. The number of amides is 2. The molecule has 2 amide bonds. The zero-order valence-corrected chi connectivity index (χ0v) is 11.5. The second kappa shape index (κ2) is 5.51. The monoisotopic (exact) mass is 264 g/mol. The summed E-state index contributed by atoms with van der Waals surface area (Å²) in [5.41, 5.74) is 0. The van der Waals surface area contributed by atoms with Gasteiger partial charge in [-0.15, -0.1) is 0 Å². The van der Waals surface area contributed by atoms with Gasteiger partial charge in [0, 0.05) is 12.1 Å². The minimum atomic E-state index is -0.0537.